The summed E-state index contributed by atoms with van der Waals surface area (Å²) in [6.45, 7) is 13.3. The summed E-state index contributed by atoms with van der Waals surface area (Å²) in [7, 11) is 9.50. The van der Waals surface area contributed by atoms with Crippen molar-refractivity contribution in [3.63, 3.8) is 0 Å². The normalized spacial score (nSPS) is 24.1. The van der Waals surface area contributed by atoms with Crippen LogP contribution in [-0.2, 0) is 71.8 Å². The Hall–Kier alpha value is -7.81. The van der Waals surface area contributed by atoms with E-state index in [9.17, 15) is 69.9 Å². The number of carbonyl (C=O) groups excluding carboxylic acids is 11. The molecular formula is C69H103F6N11O11. The van der Waals surface area contributed by atoms with Crippen molar-refractivity contribution in [3.05, 3.63) is 70.5 Å². The van der Waals surface area contributed by atoms with E-state index in [0.717, 1.165) is 69.9 Å². The van der Waals surface area contributed by atoms with Crippen molar-refractivity contribution in [1.29, 1.82) is 0 Å². The summed E-state index contributed by atoms with van der Waals surface area (Å²) < 4.78 is 83.7. The van der Waals surface area contributed by atoms with E-state index in [2.05, 4.69) is 21.3 Å². The maximum atomic E-state index is 15.1. The maximum Gasteiger partial charge on any atom is 0.419 e. The largest absolute Gasteiger partial charge is 0.419 e. The molecule has 0 radical (unpaired) electrons. The van der Waals surface area contributed by atoms with Gasteiger partial charge in [-0.2, -0.15) is 13.2 Å². The van der Waals surface area contributed by atoms with E-state index in [0.29, 0.717) is 18.6 Å². The van der Waals surface area contributed by atoms with Gasteiger partial charge in [0.25, 0.3) is 6.43 Å². The zero-order valence-corrected chi connectivity index (χ0v) is 59.2. The van der Waals surface area contributed by atoms with Gasteiger partial charge < -0.3 is 55.6 Å². The number of nitrogens with one attached hydrogen (secondary N) is 4. The van der Waals surface area contributed by atoms with E-state index in [1.807, 2.05) is 20.8 Å². The van der Waals surface area contributed by atoms with Gasteiger partial charge in [-0.1, -0.05) is 110 Å². The van der Waals surface area contributed by atoms with Crippen LogP contribution in [0.2, 0.25) is 0 Å². The van der Waals surface area contributed by atoms with Crippen molar-refractivity contribution in [3.8, 4) is 0 Å². The van der Waals surface area contributed by atoms with Gasteiger partial charge in [-0.15, -0.1) is 0 Å². The van der Waals surface area contributed by atoms with Gasteiger partial charge >= 0.3 is 6.18 Å². The zero-order valence-electron chi connectivity index (χ0n) is 59.2. The molecule has 0 unspecified atom stereocenters. The fraction of sp³-hybridized carbons (Fsp3) is 0.667. The number of amides is 11. The van der Waals surface area contributed by atoms with Crippen molar-refractivity contribution < 1.29 is 79.1 Å². The highest BCUT2D eigenvalue weighted by Crippen LogP contribution is 2.33. The summed E-state index contributed by atoms with van der Waals surface area (Å²) in [4.78, 5) is 168. The van der Waals surface area contributed by atoms with Crippen LogP contribution >= 0.6 is 0 Å². The first-order valence-corrected chi connectivity index (χ1v) is 33.3. The van der Waals surface area contributed by atoms with Crippen LogP contribution in [0.5, 0.6) is 0 Å². The molecule has 11 amide bonds. The average Bonchev–Trinajstić information content (AvgIpc) is 0.843. The highest BCUT2D eigenvalue weighted by atomic mass is 19.4. The van der Waals surface area contributed by atoms with Crippen LogP contribution in [0.1, 0.15) is 162 Å². The lowest BCUT2D eigenvalue weighted by Gasteiger charge is -2.38. The van der Waals surface area contributed by atoms with Gasteiger partial charge in [-0.05, 0) is 99.8 Å². The second-order valence-electron chi connectivity index (χ2n) is 27.8. The fourth-order valence-electron chi connectivity index (χ4n) is 11.9. The molecule has 2 aliphatic rings. The fourth-order valence-corrected chi connectivity index (χ4v) is 11.9. The Labute approximate surface area is 567 Å². The van der Waals surface area contributed by atoms with Gasteiger partial charge in [0.05, 0.1) is 25.2 Å². The third-order valence-electron chi connectivity index (χ3n) is 18.9. The van der Waals surface area contributed by atoms with E-state index in [-0.39, 0.29) is 66.5 Å². The lowest BCUT2D eigenvalue weighted by molar-refractivity contribution is -0.149. The summed E-state index contributed by atoms with van der Waals surface area (Å²) in [6, 6.07) is -2.07. The molecule has 4 rings (SSSR count). The second kappa shape index (κ2) is 36.1. The SMILES string of the molecule is CC[C@H](C)[C@@H]1NC(=O)[C@H](CC(C)C)N(C)C(=O)C[C@@H](C)N(C)C(=O)[C@H](CC(C)C)NC(=O)C(C)(C)N(C)C(=O)[C@H](Cc2ccc(C(F)F)cc2)NC(=O)[C@H](CCc2ccc(C(F)(F)F)c(F)c2)NC(=O)CN(C)C(=O)[C@H](CC2CCCCC2)N(C)C(=O)CN(C)C(=O)CN(C)C1=O. The molecule has 97 heavy (non-hydrogen) atoms. The molecule has 8 atom stereocenters. The lowest BCUT2D eigenvalue weighted by Crippen LogP contribution is -2.63. The molecule has 542 valence electrons. The quantitative estimate of drug-likeness (QED) is 0.148. The number of halogens is 6. The summed E-state index contributed by atoms with van der Waals surface area (Å²) in [5.41, 5.74) is -3.59. The van der Waals surface area contributed by atoms with E-state index in [1.165, 1.54) is 90.0 Å². The predicted molar refractivity (Wildman–Crippen MR) is 352 cm³/mol. The molecule has 1 heterocycles. The minimum Gasteiger partial charge on any atom is -0.343 e. The Morgan fingerprint density at radius 2 is 1.15 bits per heavy atom. The van der Waals surface area contributed by atoms with Gasteiger partial charge in [0.2, 0.25) is 65.0 Å². The number of rotatable bonds is 14. The first kappa shape index (κ1) is 81.6. The maximum absolute atomic E-state index is 15.1. The molecule has 1 saturated carbocycles. The molecule has 4 N–H and O–H groups in total. The van der Waals surface area contributed by atoms with Gasteiger partial charge in [-0.3, -0.25) is 52.7 Å². The number of alkyl halides is 5. The number of hydrogen-bond donors (Lipinski definition) is 4. The van der Waals surface area contributed by atoms with Crippen molar-refractivity contribution in [1.82, 2.24) is 55.6 Å². The zero-order chi connectivity index (χ0) is 73.3. The molecule has 0 spiro atoms. The van der Waals surface area contributed by atoms with Gasteiger partial charge in [-0.25, -0.2) is 13.2 Å². The molecule has 2 aromatic carbocycles. The van der Waals surface area contributed by atoms with Crippen molar-refractivity contribution >= 4 is 65.0 Å². The Balaban J connectivity index is 1.89. The molecule has 28 heteroatoms. The van der Waals surface area contributed by atoms with Crippen LogP contribution < -0.4 is 21.3 Å². The number of hydrogen-bond acceptors (Lipinski definition) is 11. The molecule has 1 aliphatic carbocycles. The summed E-state index contributed by atoms with van der Waals surface area (Å²) in [5, 5.41) is 10.8. The minimum atomic E-state index is -5.05. The third-order valence-corrected chi connectivity index (χ3v) is 18.9. The van der Waals surface area contributed by atoms with E-state index < -0.39 is 175 Å². The van der Waals surface area contributed by atoms with Crippen LogP contribution in [0.15, 0.2) is 42.5 Å². The summed E-state index contributed by atoms with van der Waals surface area (Å²) in [6.07, 6.45) is -4.57. The minimum absolute atomic E-state index is 0.0355. The van der Waals surface area contributed by atoms with Gasteiger partial charge in [0.1, 0.15) is 47.6 Å². The van der Waals surface area contributed by atoms with Crippen LogP contribution in [0.25, 0.3) is 0 Å². The van der Waals surface area contributed by atoms with Gasteiger partial charge in [0.15, 0.2) is 0 Å². The third kappa shape index (κ3) is 23.2. The Kier molecular flexibility index (Phi) is 30.4. The van der Waals surface area contributed by atoms with Gasteiger partial charge in [0, 0.05) is 73.8 Å². The van der Waals surface area contributed by atoms with Crippen molar-refractivity contribution in [2.75, 3.05) is 69.0 Å². The molecule has 1 saturated heterocycles. The van der Waals surface area contributed by atoms with Crippen molar-refractivity contribution in [2.45, 2.75) is 206 Å². The van der Waals surface area contributed by atoms with E-state index in [1.54, 1.807) is 27.7 Å². The topological polar surface area (TPSA) is 259 Å². The molecular weight excluding hydrogens is 1270 g/mol. The van der Waals surface area contributed by atoms with Crippen LogP contribution in [0.4, 0.5) is 26.3 Å². The van der Waals surface area contributed by atoms with Crippen LogP contribution in [-0.4, -0.2) is 216 Å². The first-order valence-electron chi connectivity index (χ1n) is 33.3. The molecule has 0 bridgehead atoms. The standard InChI is InChI=1S/C69H103F6N11O11/c1-17-42(6)59-66(96)82(12)38-57(89)80(10)39-58(90)85(15)54(36-44-21-19-18-20-22-44)65(95)81(11)37-55(87)76-50(30-26-45-25-29-48(49(70)34-45)69(73,74)75)61(91)77-52(35-46-23-27-47(28-24-46)60(71)72)64(94)86(16)68(8,9)67(97)78-51(31-40(2)3)63(93)83(13)43(7)33-56(88)84(14)53(32-41(4)5)62(92)79-59/h23-25,27-29,34,40-44,50-54,59-60H,17-22,26,30-33,35-39H2,1-16H3,(H,76,87)(H,77,91)(H,78,97)(H,79,92)/t42-,43+,50-,51-,52-,53-,54-,59-/m0/s1. The number of benzene rings is 2. The molecule has 2 fully saturated rings. The number of likely N-dealkylation sites (N-methyl/N-ethyl adjacent to an activating group) is 7. The highest BCUT2D eigenvalue weighted by Gasteiger charge is 2.43. The molecule has 2 aromatic rings. The molecule has 22 nitrogen and oxygen atoms in total. The van der Waals surface area contributed by atoms with E-state index >= 15 is 9.18 Å². The number of carbonyl (C=O) groups is 11. The number of nitrogens with zero attached hydrogens (tertiary/aromatic N) is 7. The van der Waals surface area contributed by atoms with Crippen molar-refractivity contribution in [2.24, 2.45) is 23.7 Å². The highest BCUT2D eigenvalue weighted by molar-refractivity contribution is 5.99. The lowest BCUT2D eigenvalue weighted by atomic mass is 9.84. The smallest absolute Gasteiger partial charge is 0.343 e. The van der Waals surface area contributed by atoms with E-state index in [4.69, 9.17) is 0 Å². The average molecular weight is 1380 g/mol. The Bertz CT molecular complexity index is 3090. The van der Waals surface area contributed by atoms with Crippen LogP contribution in [0, 0.1) is 29.5 Å². The predicted octanol–water partition coefficient (Wildman–Crippen LogP) is 6.52. The monoisotopic (exact) mass is 1380 g/mol. The first-order chi connectivity index (χ1) is 45.1. The van der Waals surface area contributed by atoms with Crippen LogP contribution in [0.3, 0.4) is 0 Å². The summed E-state index contributed by atoms with van der Waals surface area (Å²) in [5.74, 6) is -10.9. The second-order valence-corrected chi connectivity index (χ2v) is 27.8. The summed E-state index contributed by atoms with van der Waals surface area (Å²) >= 11 is 0. The number of aryl methyl sites for hydroxylation is 1. The molecule has 0 aromatic heterocycles. The Morgan fingerprint density at radius 1 is 0.588 bits per heavy atom. The Morgan fingerprint density at radius 3 is 1.71 bits per heavy atom. The molecule has 1 aliphatic heterocycles.